The molecule has 3 heterocycles. The fourth-order valence-electron chi connectivity index (χ4n) is 3.81. The van der Waals surface area contributed by atoms with Crippen molar-refractivity contribution in [3.63, 3.8) is 0 Å². The molecule has 2 aliphatic heterocycles. The summed E-state index contributed by atoms with van der Waals surface area (Å²) in [6, 6.07) is 3.77. The number of carbonyl (C=O) groups is 1. The van der Waals surface area contributed by atoms with Gasteiger partial charge in [-0.1, -0.05) is 6.92 Å². The minimum atomic E-state index is -0.489. The molecule has 0 spiro atoms. The molecule has 0 aliphatic carbocycles. The Morgan fingerprint density at radius 1 is 1.21 bits per heavy atom. The predicted octanol–water partition coefficient (Wildman–Crippen LogP) is 2.69. The van der Waals surface area contributed by atoms with Gasteiger partial charge in [0.05, 0.1) is 17.7 Å². The van der Waals surface area contributed by atoms with Crippen LogP contribution in [0.4, 0.5) is 5.82 Å². The number of rotatable bonds is 3. The van der Waals surface area contributed by atoms with Crippen LogP contribution in [0.1, 0.15) is 56.3 Å². The topological polar surface area (TPSA) is 56.7 Å². The van der Waals surface area contributed by atoms with Crippen LogP contribution in [0.25, 0.3) is 0 Å². The third kappa shape index (κ3) is 3.72. The van der Waals surface area contributed by atoms with Gasteiger partial charge in [-0.25, -0.2) is 4.98 Å². The zero-order valence-corrected chi connectivity index (χ0v) is 14.8. The van der Waals surface area contributed by atoms with Crippen molar-refractivity contribution in [3.05, 3.63) is 23.9 Å². The third-order valence-electron chi connectivity index (χ3n) is 5.47. The van der Waals surface area contributed by atoms with Crippen LogP contribution in [0.15, 0.2) is 18.3 Å². The molecule has 132 valence electrons. The van der Waals surface area contributed by atoms with E-state index in [1.165, 1.54) is 12.8 Å². The van der Waals surface area contributed by atoms with Crippen molar-refractivity contribution in [1.29, 1.82) is 0 Å². The Hall–Kier alpha value is -1.62. The van der Waals surface area contributed by atoms with E-state index < -0.39 is 6.10 Å². The maximum atomic E-state index is 12.8. The summed E-state index contributed by atoms with van der Waals surface area (Å²) < 4.78 is 0. The lowest BCUT2D eigenvalue weighted by atomic mass is 9.97. The van der Waals surface area contributed by atoms with E-state index in [1.54, 1.807) is 13.1 Å². The summed E-state index contributed by atoms with van der Waals surface area (Å²) in [7, 11) is 0. The second-order valence-corrected chi connectivity index (χ2v) is 7.38. The molecule has 2 atom stereocenters. The van der Waals surface area contributed by atoms with Crippen LogP contribution >= 0.6 is 0 Å². The van der Waals surface area contributed by atoms with Gasteiger partial charge in [-0.05, 0) is 57.1 Å². The minimum Gasteiger partial charge on any atom is -0.391 e. The van der Waals surface area contributed by atoms with Gasteiger partial charge >= 0.3 is 0 Å². The van der Waals surface area contributed by atoms with E-state index in [1.807, 2.05) is 17.0 Å². The van der Waals surface area contributed by atoms with Gasteiger partial charge in [-0.15, -0.1) is 0 Å². The number of hydrogen-bond acceptors (Lipinski definition) is 4. The normalized spacial score (nSPS) is 24.0. The summed E-state index contributed by atoms with van der Waals surface area (Å²) in [4.78, 5) is 21.5. The zero-order valence-electron chi connectivity index (χ0n) is 14.8. The number of carbonyl (C=O) groups excluding carboxylic acids is 1. The van der Waals surface area contributed by atoms with E-state index in [2.05, 4.69) is 16.8 Å². The first-order valence-electron chi connectivity index (χ1n) is 9.26. The molecule has 1 aromatic heterocycles. The molecule has 0 radical (unpaired) electrons. The van der Waals surface area contributed by atoms with Crippen LogP contribution in [-0.4, -0.2) is 52.7 Å². The molecule has 3 rings (SSSR count). The van der Waals surface area contributed by atoms with Crippen molar-refractivity contribution >= 4 is 11.7 Å². The van der Waals surface area contributed by atoms with Crippen LogP contribution in [0.5, 0.6) is 0 Å². The van der Waals surface area contributed by atoms with Gasteiger partial charge in [0.1, 0.15) is 5.82 Å². The first kappa shape index (κ1) is 17.2. The molecular formula is C19H29N3O2. The standard InChI is InChI=1S/C19H29N3O2/c1-14-8-11-21(12-9-14)18-7-6-16(13-20-18)19(24)22-10-4-3-5-17(22)15(2)23/h6-7,13-15,17,23H,3-5,8-12H2,1-2H3. The minimum absolute atomic E-state index is 0.00748. The molecule has 2 unspecified atom stereocenters. The van der Waals surface area contributed by atoms with Gasteiger partial charge in [-0.3, -0.25) is 4.79 Å². The Morgan fingerprint density at radius 3 is 2.58 bits per heavy atom. The highest BCUT2D eigenvalue weighted by Gasteiger charge is 2.30. The van der Waals surface area contributed by atoms with Crippen LogP contribution in [0, 0.1) is 5.92 Å². The van der Waals surface area contributed by atoms with Gasteiger partial charge in [0.25, 0.3) is 5.91 Å². The predicted molar refractivity (Wildman–Crippen MR) is 95.2 cm³/mol. The largest absolute Gasteiger partial charge is 0.391 e. The van der Waals surface area contributed by atoms with Crippen molar-refractivity contribution in [2.75, 3.05) is 24.5 Å². The van der Waals surface area contributed by atoms with Gasteiger partial charge < -0.3 is 14.9 Å². The zero-order chi connectivity index (χ0) is 17.1. The lowest BCUT2D eigenvalue weighted by molar-refractivity contribution is 0.0280. The molecule has 5 nitrogen and oxygen atoms in total. The average Bonchev–Trinajstić information content (AvgIpc) is 2.62. The molecule has 0 bridgehead atoms. The number of hydrogen-bond donors (Lipinski definition) is 1. The van der Waals surface area contributed by atoms with Crippen LogP contribution in [-0.2, 0) is 0 Å². The number of aromatic nitrogens is 1. The summed E-state index contributed by atoms with van der Waals surface area (Å²) >= 11 is 0. The molecule has 0 aromatic carbocycles. The van der Waals surface area contributed by atoms with Gasteiger partial charge in [0.2, 0.25) is 0 Å². The number of aliphatic hydroxyl groups is 1. The molecule has 1 N–H and O–H groups in total. The van der Waals surface area contributed by atoms with E-state index in [4.69, 9.17) is 0 Å². The molecule has 1 amide bonds. The van der Waals surface area contributed by atoms with Gasteiger partial charge in [-0.2, -0.15) is 0 Å². The fraction of sp³-hybridized carbons (Fsp3) is 0.684. The molecule has 2 fully saturated rings. The second-order valence-electron chi connectivity index (χ2n) is 7.38. The molecule has 2 saturated heterocycles. The van der Waals surface area contributed by atoms with Crippen molar-refractivity contribution in [2.24, 2.45) is 5.92 Å². The van der Waals surface area contributed by atoms with E-state index >= 15 is 0 Å². The summed E-state index contributed by atoms with van der Waals surface area (Å²) in [5.74, 6) is 1.75. The number of piperidine rings is 2. The van der Waals surface area contributed by atoms with Gasteiger partial charge in [0.15, 0.2) is 0 Å². The molecule has 0 saturated carbocycles. The fourth-order valence-corrected chi connectivity index (χ4v) is 3.81. The molecule has 2 aliphatic rings. The highest BCUT2D eigenvalue weighted by Crippen LogP contribution is 2.24. The van der Waals surface area contributed by atoms with E-state index in [0.29, 0.717) is 5.56 Å². The third-order valence-corrected chi connectivity index (χ3v) is 5.47. The first-order chi connectivity index (χ1) is 11.6. The lowest BCUT2D eigenvalue weighted by Gasteiger charge is -2.37. The van der Waals surface area contributed by atoms with Gasteiger partial charge in [0, 0.05) is 25.8 Å². The average molecular weight is 331 g/mol. The van der Waals surface area contributed by atoms with Crippen LogP contribution in [0.3, 0.4) is 0 Å². The van der Waals surface area contributed by atoms with E-state index in [-0.39, 0.29) is 11.9 Å². The number of pyridine rings is 1. The number of amides is 1. The molecule has 5 heteroatoms. The number of anilines is 1. The molecular weight excluding hydrogens is 302 g/mol. The Balaban J connectivity index is 1.69. The quantitative estimate of drug-likeness (QED) is 0.925. The van der Waals surface area contributed by atoms with E-state index in [9.17, 15) is 9.90 Å². The van der Waals surface area contributed by atoms with Crippen LogP contribution < -0.4 is 4.90 Å². The SMILES string of the molecule is CC1CCN(c2ccc(C(=O)N3CCCCC3C(C)O)cn2)CC1. The number of aliphatic hydroxyl groups excluding tert-OH is 1. The monoisotopic (exact) mass is 331 g/mol. The number of nitrogens with zero attached hydrogens (tertiary/aromatic N) is 3. The Kier molecular flexibility index (Phi) is 5.39. The summed E-state index contributed by atoms with van der Waals surface area (Å²) in [5.41, 5.74) is 0.622. The Morgan fingerprint density at radius 2 is 1.96 bits per heavy atom. The Labute approximate surface area is 144 Å². The van der Waals surface area contributed by atoms with Crippen molar-refractivity contribution in [1.82, 2.24) is 9.88 Å². The summed E-state index contributed by atoms with van der Waals surface area (Å²) in [6.07, 6.45) is 6.57. The molecule has 1 aromatic rings. The molecule has 24 heavy (non-hydrogen) atoms. The van der Waals surface area contributed by atoms with Crippen LogP contribution in [0.2, 0.25) is 0 Å². The lowest BCUT2D eigenvalue weighted by Crippen LogP contribution is -2.48. The second kappa shape index (κ2) is 7.51. The highest BCUT2D eigenvalue weighted by atomic mass is 16.3. The number of likely N-dealkylation sites (tertiary alicyclic amines) is 1. The van der Waals surface area contributed by atoms with Crippen molar-refractivity contribution < 1.29 is 9.90 Å². The maximum Gasteiger partial charge on any atom is 0.255 e. The highest BCUT2D eigenvalue weighted by molar-refractivity contribution is 5.94. The Bertz CT molecular complexity index is 550. The smallest absolute Gasteiger partial charge is 0.255 e. The van der Waals surface area contributed by atoms with Crippen molar-refractivity contribution in [3.8, 4) is 0 Å². The van der Waals surface area contributed by atoms with E-state index in [0.717, 1.165) is 50.6 Å². The first-order valence-corrected chi connectivity index (χ1v) is 9.26. The summed E-state index contributed by atoms with van der Waals surface area (Å²) in [5, 5.41) is 9.96. The maximum absolute atomic E-state index is 12.8. The van der Waals surface area contributed by atoms with Crippen molar-refractivity contribution in [2.45, 2.75) is 58.1 Å². The summed E-state index contributed by atoms with van der Waals surface area (Å²) in [6.45, 7) is 6.87.